The number of nitrogens with zero attached hydrogens (tertiary/aromatic N) is 4. The second-order valence-corrected chi connectivity index (χ2v) is 10.1. The quantitative estimate of drug-likeness (QED) is 0.669. The number of aromatic nitrogens is 3. The van der Waals surface area contributed by atoms with E-state index in [2.05, 4.69) is 21.8 Å². The molecule has 1 saturated heterocycles. The van der Waals surface area contributed by atoms with Crippen LogP contribution in [0.4, 0.5) is 5.69 Å². The molecule has 2 aromatic rings. The van der Waals surface area contributed by atoms with Crippen LogP contribution in [0, 0.1) is 5.92 Å². The number of rotatable bonds is 7. The van der Waals surface area contributed by atoms with E-state index in [-0.39, 0.29) is 5.91 Å². The number of benzene rings is 1. The third-order valence-corrected chi connectivity index (χ3v) is 6.37. The lowest BCUT2D eigenvalue weighted by Crippen LogP contribution is -2.40. The summed E-state index contributed by atoms with van der Waals surface area (Å²) < 4.78 is 27.1. The molecule has 1 aliphatic heterocycles. The Labute approximate surface area is 176 Å². The van der Waals surface area contributed by atoms with Gasteiger partial charge in [-0.3, -0.25) is 9.52 Å². The van der Waals surface area contributed by atoms with Crippen LogP contribution in [0.2, 0.25) is 0 Å². The highest BCUT2D eigenvalue weighted by atomic mass is 32.2. The molecule has 0 saturated carbocycles. The number of hydrogen-bond acceptors (Lipinski definition) is 6. The van der Waals surface area contributed by atoms with Gasteiger partial charge in [-0.15, -0.1) is 10.2 Å². The molecule has 1 N–H and O–H groups in total. The van der Waals surface area contributed by atoms with Gasteiger partial charge in [-0.1, -0.05) is 18.7 Å². The van der Waals surface area contributed by atoms with Crippen LogP contribution in [0.25, 0.3) is 11.4 Å². The van der Waals surface area contributed by atoms with Gasteiger partial charge in [0.2, 0.25) is 15.9 Å². The highest BCUT2D eigenvalue weighted by Gasteiger charge is 2.22. The fraction of sp³-hybridized carbons (Fsp3) is 0.526. The molecule has 0 bridgehead atoms. The topological polar surface area (TPSA) is 97.2 Å². The summed E-state index contributed by atoms with van der Waals surface area (Å²) in [5, 5.41) is 9.27. The molecule has 1 aliphatic rings. The second-order valence-electron chi connectivity index (χ2n) is 7.38. The number of piperidine rings is 1. The molecule has 0 unspecified atom stereocenters. The van der Waals surface area contributed by atoms with Crippen LogP contribution in [-0.2, 0) is 21.4 Å². The lowest BCUT2D eigenvalue weighted by Gasteiger charge is -2.30. The average molecular weight is 438 g/mol. The third kappa shape index (κ3) is 5.72. The Bertz CT molecular complexity index is 957. The van der Waals surface area contributed by atoms with Crippen LogP contribution in [0.5, 0.6) is 0 Å². The van der Waals surface area contributed by atoms with Crippen LogP contribution in [0.15, 0.2) is 29.4 Å². The lowest BCUT2D eigenvalue weighted by molar-refractivity contribution is -0.130. The predicted octanol–water partition coefficient (Wildman–Crippen LogP) is 2.69. The number of thioether (sulfide) groups is 1. The Kier molecular flexibility index (Phi) is 6.84. The molecule has 1 atom stereocenters. The van der Waals surface area contributed by atoms with Crippen molar-refractivity contribution in [2.45, 2.75) is 38.4 Å². The summed E-state index contributed by atoms with van der Waals surface area (Å²) in [4.78, 5) is 14.5. The first-order valence-corrected chi connectivity index (χ1v) is 12.6. The smallest absolute Gasteiger partial charge is 0.233 e. The zero-order valence-electron chi connectivity index (χ0n) is 17.0. The van der Waals surface area contributed by atoms with E-state index in [1.807, 2.05) is 16.4 Å². The van der Waals surface area contributed by atoms with Crippen LogP contribution >= 0.6 is 11.8 Å². The Morgan fingerprint density at radius 1 is 1.28 bits per heavy atom. The molecule has 1 aromatic carbocycles. The Hall–Kier alpha value is -2.07. The highest BCUT2D eigenvalue weighted by molar-refractivity contribution is 7.99. The number of carbonyl (C=O) groups is 1. The summed E-state index contributed by atoms with van der Waals surface area (Å²) in [6.45, 7) is 6.53. The van der Waals surface area contributed by atoms with Gasteiger partial charge < -0.3 is 9.47 Å². The van der Waals surface area contributed by atoms with Crippen LogP contribution < -0.4 is 4.72 Å². The average Bonchev–Trinajstić information content (AvgIpc) is 3.08. The minimum Gasteiger partial charge on any atom is -0.342 e. The van der Waals surface area contributed by atoms with Crippen molar-refractivity contribution < 1.29 is 13.2 Å². The van der Waals surface area contributed by atoms with Gasteiger partial charge in [0.1, 0.15) is 0 Å². The molecule has 0 aliphatic carbocycles. The fourth-order valence-electron chi connectivity index (χ4n) is 3.43. The van der Waals surface area contributed by atoms with Gasteiger partial charge in [0.05, 0.1) is 12.0 Å². The number of sulfonamides is 1. The van der Waals surface area contributed by atoms with Gasteiger partial charge in [-0.2, -0.15) is 0 Å². The standard InChI is InChI=1S/C19H27N5O3S2/c1-4-24-18(15-7-9-16(10-8-15)22-29(3,26)27)20-21-19(24)28-13-17(25)23-11-5-6-14(2)12-23/h7-10,14,22H,4-6,11-13H2,1-3H3/t14-/m1/s1. The molecule has 8 nitrogen and oxygen atoms in total. The molecule has 3 rings (SSSR count). The summed E-state index contributed by atoms with van der Waals surface area (Å²) in [6.07, 6.45) is 3.37. The molecule has 29 heavy (non-hydrogen) atoms. The number of likely N-dealkylation sites (tertiary alicyclic amines) is 1. The summed E-state index contributed by atoms with van der Waals surface area (Å²) in [7, 11) is -3.31. The number of amides is 1. The van der Waals surface area contributed by atoms with E-state index >= 15 is 0 Å². The van der Waals surface area contributed by atoms with Crippen molar-refractivity contribution in [3.63, 3.8) is 0 Å². The first-order valence-electron chi connectivity index (χ1n) is 9.69. The number of carbonyl (C=O) groups excluding carboxylic acids is 1. The van der Waals surface area contributed by atoms with Crippen molar-refractivity contribution in [2.24, 2.45) is 5.92 Å². The molecule has 1 aromatic heterocycles. The van der Waals surface area contributed by atoms with Gasteiger partial charge in [-0.25, -0.2) is 8.42 Å². The maximum atomic E-state index is 12.5. The number of hydrogen-bond donors (Lipinski definition) is 1. The van der Waals surface area contributed by atoms with E-state index in [0.717, 1.165) is 31.3 Å². The molecule has 10 heteroatoms. The third-order valence-electron chi connectivity index (χ3n) is 4.81. The van der Waals surface area contributed by atoms with Crippen molar-refractivity contribution in [2.75, 3.05) is 29.8 Å². The van der Waals surface area contributed by atoms with Crippen molar-refractivity contribution >= 4 is 33.4 Å². The molecule has 2 heterocycles. The van der Waals surface area contributed by atoms with Gasteiger partial charge in [-0.05, 0) is 49.9 Å². The lowest BCUT2D eigenvalue weighted by atomic mass is 10.0. The number of nitrogens with one attached hydrogen (secondary N) is 1. The Morgan fingerprint density at radius 2 is 2.00 bits per heavy atom. The van der Waals surface area contributed by atoms with E-state index in [9.17, 15) is 13.2 Å². The zero-order chi connectivity index (χ0) is 21.0. The number of anilines is 1. The first kappa shape index (κ1) is 21.6. The normalized spacial score (nSPS) is 17.3. The van der Waals surface area contributed by atoms with Gasteiger partial charge in [0, 0.05) is 30.9 Å². The minimum atomic E-state index is -3.31. The van der Waals surface area contributed by atoms with Gasteiger partial charge in [0.25, 0.3) is 0 Å². The second kappa shape index (κ2) is 9.17. The van der Waals surface area contributed by atoms with E-state index in [0.29, 0.717) is 34.9 Å². The highest BCUT2D eigenvalue weighted by Crippen LogP contribution is 2.26. The largest absolute Gasteiger partial charge is 0.342 e. The SMILES string of the molecule is CCn1c(SCC(=O)N2CCC[C@@H](C)C2)nnc1-c1ccc(NS(C)(=O)=O)cc1. The predicted molar refractivity (Wildman–Crippen MR) is 115 cm³/mol. The maximum absolute atomic E-state index is 12.5. The molecule has 0 spiro atoms. The molecule has 158 valence electrons. The Morgan fingerprint density at radius 3 is 2.62 bits per heavy atom. The minimum absolute atomic E-state index is 0.143. The summed E-state index contributed by atoms with van der Waals surface area (Å²) in [5.41, 5.74) is 1.33. The van der Waals surface area contributed by atoms with Crippen LogP contribution in [0.3, 0.4) is 0 Å². The first-order chi connectivity index (χ1) is 13.8. The zero-order valence-corrected chi connectivity index (χ0v) is 18.6. The van der Waals surface area contributed by atoms with E-state index < -0.39 is 10.0 Å². The van der Waals surface area contributed by atoms with Crippen molar-refractivity contribution in [1.82, 2.24) is 19.7 Å². The van der Waals surface area contributed by atoms with Crippen LogP contribution in [-0.4, -0.2) is 59.1 Å². The van der Waals surface area contributed by atoms with E-state index in [4.69, 9.17) is 0 Å². The monoisotopic (exact) mass is 437 g/mol. The molecular weight excluding hydrogens is 410 g/mol. The van der Waals surface area contributed by atoms with Gasteiger partial charge in [0.15, 0.2) is 11.0 Å². The van der Waals surface area contributed by atoms with Crippen LogP contribution in [0.1, 0.15) is 26.7 Å². The summed E-state index contributed by atoms with van der Waals surface area (Å²) in [5.74, 6) is 1.75. The van der Waals surface area contributed by atoms with E-state index in [1.165, 1.54) is 18.2 Å². The maximum Gasteiger partial charge on any atom is 0.233 e. The fourth-order valence-corrected chi connectivity index (χ4v) is 4.90. The molecule has 1 amide bonds. The summed E-state index contributed by atoms with van der Waals surface area (Å²) in [6, 6.07) is 6.99. The van der Waals surface area contributed by atoms with Crippen molar-refractivity contribution in [3.8, 4) is 11.4 Å². The van der Waals surface area contributed by atoms with Gasteiger partial charge >= 0.3 is 0 Å². The Balaban J connectivity index is 1.69. The van der Waals surface area contributed by atoms with E-state index in [1.54, 1.807) is 24.3 Å². The van der Waals surface area contributed by atoms with Crippen molar-refractivity contribution in [3.05, 3.63) is 24.3 Å². The molecular formula is C19H27N5O3S2. The summed E-state index contributed by atoms with van der Waals surface area (Å²) >= 11 is 1.41. The molecule has 1 fully saturated rings. The molecule has 0 radical (unpaired) electrons. The van der Waals surface area contributed by atoms with Crippen molar-refractivity contribution in [1.29, 1.82) is 0 Å².